The van der Waals surface area contributed by atoms with Crippen molar-refractivity contribution in [2.24, 2.45) is 0 Å². The molecule has 2 heterocycles. The van der Waals surface area contributed by atoms with Crippen LogP contribution >= 0.6 is 23.1 Å². The number of nitrogens with zero attached hydrogens (tertiary/aromatic N) is 3. The van der Waals surface area contributed by atoms with Crippen molar-refractivity contribution in [1.29, 1.82) is 0 Å². The fourth-order valence-corrected chi connectivity index (χ4v) is 3.35. The Balaban J connectivity index is 1.67. The predicted octanol–water partition coefficient (Wildman–Crippen LogP) is 2.87. The molecule has 0 bridgehead atoms. The van der Waals surface area contributed by atoms with Crippen LogP contribution in [0.4, 0.5) is 0 Å². The third kappa shape index (κ3) is 4.82. The number of hydrogen-bond acceptors (Lipinski definition) is 7. The summed E-state index contributed by atoms with van der Waals surface area (Å²) in [6.07, 6.45) is 0.861. The van der Waals surface area contributed by atoms with Crippen LogP contribution in [0.2, 0.25) is 0 Å². The highest BCUT2D eigenvalue weighted by Gasteiger charge is 2.14. The standard InChI is InChI=1S/C13H18N4O2S2/c1-8(2)10-7-11(19-17-10)12(18)14-5-4-6-20-13-16-15-9(3)21-13/h7-8H,4-6H2,1-3H3,(H,14,18). The molecule has 0 aliphatic heterocycles. The Morgan fingerprint density at radius 2 is 2.29 bits per heavy atom. The van der Waals surface area contributed by atoms with E-state index in [4.69, 9.17) is 4.52 Å². The van der Waals surface area contributed by atoms with Crippen molar-refractivity contribution >= 4 is 29.0 Å². The van der Waals surface area contributed by atoms with Crippen LogP contribution in [0, 0.1) is 6.92 Å². The molecule has 2 aromatic rings. The van der Waals surface area contributed by atoms with Gasteiger partial charge in [-0.05, 0) is 19.3 Å². The third-order valence-corrected chi connectivity index (χ3v) is 4.74. The molecule has 0 fully saturated rings. The average Bonchev–Trinajstić information content (AvgIpc) is 3.07. The van der Waals surface area contributed by atoms with Crippen LogP contribution in [-0.2, 0) is 0 Å². The monoisotopic (exact) mass is 326 g/mol. The SMILES string of the molecule is Cc1nnc(SCCCNC(=O)c2cc(C(C)C)no2)s1. The van der Waals surface area contributed by atoms with Crippen molar-refractivity contribution in [3.63, 3.8) is 0 Å². The molecule has 0 saturated heterocycles. The summed E-state index contributed by atoms with van der Waals surface area (Å²) in [6, 6.07) is 1.69. The van der Waals surface area contributed by atoms with Crippen molar-refractivity contribution < 1.29 is 9.32 Å². The highest BCUT2D eigenvalue weighted by molar-refractivity contribution is 8.01. The van der Waals surface area contributed by atoms with E-state index in [9.17, 15) is 4.79 Å². The minimum absolute atomic E-state index is 0.217. The Hall–Kier alpha value is -1.41. The minimum atomic E-state index is -0.217. The number of hydrogen-bond donors (Lipinski definition) is 1. The molecule has 0 radical (unpaired) electrons. The maximum Gasteiger partial charge on any atom is 0.289 e. The number of carbonyl (C=O) groups is 1. The molecular weight excluding hydrogens is 308 g/mol. The number of aryl methyl sites for hydroxylation is 1. The zero-order valence-corrected chi connectivity index (χ0v) is 13.9. The second-order valence-electron chi connectivity index (χ2n) is 4.82. The molecule has 0 aliphatic carbocycles. The molecule has 0 atom stereocenters. The number of aromatic nitrogens is 3. The first kappa shape index (κ1) is 16.0. The van der Waals surface area contributed by atoms with Gasteiger partial charge in [-0.3, -0.25) is 4.79 Å². The maximum atomic E-state index is 11.8. The second kappa shape index (κ2) is 7.56. The Labute approximate surface area is 131 Å². The van der Waals surface area contributed by atoms with E-state index < -0.39 is 0 Å². The van der Waals surface area contributed by atoms with Crippen LogP contribution in [0.15, 0.2) is 14.9 Å². The van der Waals surface area contributed by atoms with Crippen molar-refractivity contribution in [3.8, 4) is 0 Å². The maximum absolute atomic E-state index is 11.8. The highest BCUT2D eigenvalue weighted by atomic mass is 32.2. The summed E-state index contributed by atoms with van der Waals surface area (Å²) in [7, 11) is 0. The van der Waals surface area contributed by atoms with E-state index >= 15 is 0 Å². The minimum Gasteiger partial charge on any atom is -0.351 e. The third-order valence-electron chi connectivity index (χ3n) is 2.68. The molecule has 2 rings (SSSR count). The lowest BCUT2D eigenvalue weighted by Crippen LogP contribution is -2.24. The molecule has 0 aliphatic rings. The summed E-state index contributed by atoms with van der Waals surface area (Å²) in [4.78, 5) is 11.8. The molecule has 1 amide bonds. The topological polar surface area (TPSA) is 80.9 Å². The lowest BCUT2D eigenvalue weighted by Gasteiger charge is -2.01. The molecule has 0 saturated carbocycles. The lowest BCUT2D eigenvalue weighted by molar-refractivity contribution is 0.0917. The highest BCUT2D eigenvalue weighted by Crippen LogP contribution is 2.22. The van der Waals surface area contributed by atoms with Gasteiger partial charge in [0.2, 0.25) is 5.76 Å². The van der Waals surface area contributed by atoms with Crippen molar-refractivity contribution in [2.75, 3.05) is 12.3 Å². The van der Waals surface area contributed by atoms with Crippen LogP contribution < -0.4 is 5.32 Å². The normalized spacial score (nSPS) is 11.0. The van der Waals surface area contributed by atoms with Gasteiger partial charge in [-0.25, -0.2) is 0 Å². The van der Waals surface area contributed by atoms with Gasteiger partial charge in [0.15, 0.2) is 4.34 Å². The van der Waals surface area contributed by atoms with Crippen LogP contribution in [0.5, 0.6) is 0 Å². The van der Waals surface area contributed by atoms with E-state index in [1.807, 2.05) is 20.8 Å². The molecule has 114 valence electrons. The average molecular weight is 326 g/mol. The van der Waals surface area contributed by atoms with Gasteiger partial charge in [0.05, 0.1) is 5.69 Å². The Morgan fingerprint density at radius 3 is 2.90 bits per heavy atom. The van der Waals surface area contributed by atoms with Crippen molar-refractivity contribution in [3.05, 3.63) is 22.5 Å². The van der Waals surface area contributed by atoms with E-state index in [1.165, 1.54) is 0 Å². The summed E-state index contributed by atoms with van der Waals surface area (Å²) in [5.74, 6) is 1.20. The van der Waals surface area contributed by atoms with Gasteiger partial charge < -0.3 is 9.84 Å². The van der Waals surface area contributed by atoms with Gasteiger partial charge in [0.25, 0.3) is 5.91 Å². The van der Waals surface area contributed by atoms with E-state index in [0.29, 0.717) is 6.54 Å². The summed E-state index contributed by atoms with van der Waals surface area (Å²) < 4.78 is 6.00. The molecule has 0 unspecified atom stereocenters. The van der Waals surface area contributed by atoms with Crippen molar-refractivity contribution in [2.45, 2.75) is 37.4 Å². The molecule has 21 heavy (non-hydrogen) atoms. The smallest absolute Gasteiger partial charge is 0.289 e. The molecule has 8 heteroatoms. The van der Waals surface area contributed by atoms with Crippen molar-refractivity contribution in [1.82, 2.24) is 20.7 Å². The zero-order valence-electron chi connectivity index (χ0n) is 12.3. The summed E-state index contributed by atoms with van der Waals surface area (Å²) in [5, 5.41) is 15.7. The van der Waals surface area contributed by atoms with Gasteiger partial charge in [-0.1, -0.05) is 42.1 Å². The van der Waals surface area contributed by atoms with Crippen LogP contribution in [0.25, 0.3) is 0 Å². The Morgan fingerprint density at radius 1 is 1.48 bits per heavy atom. The second-order valence-corrected chi connectivity index (χ2v) is 7.34. The van der Waals surface area contributed by atoms with Gasteiger partial charge in [0.1, 0.15) is 5.01 Å². The molecule has 1 N–H and O–H groups in total. The van der Waals surface area contributed by atoms with E-state index in [0.717, 1.165) is 27.2 Å². The van der Waals surface area contributed by atoms with Crippen LogP contribution in [0.1, 0.15) is 47.4 Å². The largest absolute Gasteiger partial charge is 0.351 e. The number of carbonyl (C=O) groups excluding carboxylic acids is 1. The predicted molar refractivity (Wildman–Crippen MR) is 82.9 cm³/mol. The summed E-state index contributed by atoms with van der Waals surface area (Å²) >= 11 is 3.24. The fourth-order valence-electron chi connectivity index (χ4n) is 1.53. The number of nitrogens with one attached hydrogen (secondary N) is 1. The molecular formula is C13H18N4O2S2. The molecule has 6 nitrogen and oxygen atoms in total. The van der Waals surface area contributed by atoms with Crippen LogP contribution in [-0.4, -0.2) is 33.6 Å². The first-order chi connectivity index (χ1) is 10.1. The first-order valence-electron chi connectivity index (χ1n) is 6.74. The molecule has 0 aromatic carbocycles. The van der Waals surface area contributed by atoms with E-state index in [1.54, 1.807) is 29.2 Å². The lowest BCUT2D eigenvalue weighted by atomic mass is 10.1. The van der Waals surface area contributed by atoms with Crippen LogP contribution in [0.3, 0.4) is 0 Å². The number of rotatable bonds is 7. The van der Waals surface area contributed by atoms with E-state index in [-0.39, 0.29) is 17.6 Å². The summed E-state index contributed by atoms with van der Waals surface area (Å²) in [6.45, 7) is 6.55. The first-order valence-corrected chi connectivity index (χ1v) is 8.54. The van der Waals surface area contributed by atoms with E-state index in [2.05, 4.69) is 20.7 Å². The quantitative estimate of drug-likeness (QED) is 0.622. The fraction of sp³-hybridized carbons (Fsp3) is 0.538. The Kier molecular flexibility index (Phi) is 5.75. The van der Waals surface area contributed by atoms with Gasteiger partial charge in [-0.2, -0.15) is 0 Å². The van der Waals surface area contributed by atoms with Gasteiger partial charge in [-0.15, -0.1) is 10.2 Å². The summed E-state index contributed by atoms with van der Waals surface area (Å²) in [5.41, 5.74) is 0.794. The van der Waals surface area contributed by atoms with Gasteiger partial charge in [0, 0.05) is 18.4 Å². The molecule has 0 spiro atoms. The zero-order chi connectivity index (χ0) is 15.2. The molecule has 2 aromatic heterocycles. The number of amides is 1. The van der Waals surface area contributed by atoms with Gasteiger partial charge >= 0.3 is 0 Å². The Bertz CT molecular complexity index is 595. The number of thioether (sulfide) groups is 1.